The average molecular weight is 288 g/mol. The summed E-state index contributed by atoms with van der Waals surface area (Å²) in [6.45, 7) is 7.37. The first-order valence-corrected chi connectivity index (χ1v) is 6.66. The van der Waals surface area contributed by atoms with Crippen molar-refractivity contribution in [2.45, 2.75) is 33.3 Å². The van der Waals surface area contributed by atoms with Crippen molar-refractivity contribution < 1.29 is 9.53 Å². The lowest BCUT2D eigenvalue weighted by Gasteiger charge is -2.20. The standard InChI is InChI=1S/C15H20N4O2/c1-9-5-6-10(13-11(16)8-17-19-13)7-12(9)18-14(20)21-15(2,3)4/h5-8H,16H2,1-4H3,(H,17,19)(H,18,20). The van der Waals surface area contributed by atoms with Gasteiger partial charge >= 0.3 is 6.09 Å². The fraction of sp³-hybridized carbons (Fsp3) is 0.333. The SMILES string of the molecule is Cc1ccc(-c2[nH]ncc2N)cc1NC(=O)OC(C)(C)C. The number of nitrogens with two attached hydrogens (primary N) is 1. The maximum Gasteiger partial charge on any atom is 0.412 e. The third-order valence-corrected chi connectivity index (χ3v) is 2.83. The Hall–Kier alpha value is -2.50. The molecule has 0 fully saturated rings. The van der Waals surface area contributed by atoms with Crippen LogP contribution in [0, 0.1) is 6.92 Å². The first kappa shape index (κ1) is 14.9. The number of ether oxygens (including phenoxy) is 1. The fourth-order valence-electron chi connectivity index (χ4n) is 1.85. The summed E-state index contributed by atoms with van der Waals surface area (Å²) in [6, 6.07) is 5.66. The minimum atomic E-state index is -0.538. The van der Waals surface area contributed by atoms with Gasteiger partial charge in [0.15, 0.2) is 0 Å². The molecule has 1 aromatic heterocycles. The molecule has 0 aliphatic heterocycles. The Morgan fingerprint density at radius 2 is 2.10 bits per heavy atom. The van der Waals surface area contributed by atoms with Gasteiger partial charge in [0, 0.05) is 11.3 Å². The lowest BCUT2D eigenvalue weighted by Crippen LogP contribution is -2.27. The van der Waals surface area contributed by atoms with E-state index in [2.05, 4.69) is 15.5 Å². The number of carbonyl (C=O) groups is 1. The molecule has 21 heavy (non-hydrogen) atoms. The third-order valence-electron chi connectivity index (χ3n) is 2.83. The molecule has 0 aliphatic carbocycles. The molecule has 0 unspecified atom stereocenters. The quantitative estimate of drug-likeness (QED) is 0.790. The molecule has 0 saturated heterocycles. The smallest absolute Gasteiger partial charge is 0.412 e. The Kier molecular flexibility index (Phi) is 3.88. The highest BCUT2D eigenvalue weighted by atomic mass is 16.6. The predicted molar refractivity (Wildman–Crippen MR) is 83.0 cm³/mol. The summed E-state index contributed by atoms with van der Waals surface area (Å²) >= 11 is 0. The second-order valence-electron chi connectivity index (χ2n) is 5.86. The summed E-state index contributed by atoms with van der Waals surface area (Å²) in [4.78, 5) is 11.9. The molecule has 0 saturated carbocycles. The molecule has 1 aromatic carbocycles. The minimum Gasteiger partial charge on any atom is -0.444 e. The number of nitrogen functional groups attached to an aromatic ring is 1. The molecule has 112 valence electrons. The molecular weight excluding hydrogens is 268 g/mol. The largest absolute Gasteiger partial charge is 0.444 e. The predicted octanol–water partition coefficient (Wildman–Crippen LogP) is 3.31. The van der Waals surface area contributed by atoms with E-state index in [4.69, 9.17) is 10.5 Å². The van der Waals surface area contributed by atoms with Gasteiger partial charge in [-0.1, -0.05) is 12.1 Å². The highest BCUT2D eigenvalue weighted by Gasteiger charge is 2.17. The number of carbonyl (C=O) groups excluding carboxylic acids is 1. The van der Waals surface area contributed by atoms with Gasteiger partial charge in [0.1, 0.15) is 5.60 Å². The molecule has 6 heteroatoms. The molecule has 2 rings (SSSR count). The molecule has 0 bridgehead atoms. The monoisotopic (exact) mass is 288 g/mol. The van der Waals surface area contributed by atoms with E-state index >= 15 is 0 Å². The lowest BCUT2D eigenvalue weighted by molar-refractivity contribution is 0.0636. The van der Waals surface area contributed by atoms with Gasteiger partial charge in [-0.3, -0.25) is 10.4 Å². The zero-order valence-corrected chi connectivity index (χ0v) is 12.7. The van der Waals surface area contributed by atoms with E-state index in [0.717, 1.165) is 16.8 Å². The van der Waals surface area contributed by atoms with E-state index in [1.54, 1.807) is 6.20 Å². The average Bonchev–Trinajstić information content (AvgIpc) is 2.76. The third kappa shape index (κ3) is 3.75. The van der Waals surface area contributed by atoms with Crippen LogP contribution in [0.3, 0.4) is 0 Å². The molecule has 0 radical (unpaired) electrons. The first-order valence-electron chi connectivity index (χ1n) is 6.66. The van der Waals surface area contributed by atoms with Gasteiger partial charge in [0.05, 0.1) is 17.6 Å². The van der Waals surface area contributed by atoms with Crippen LogP contribution in [0.15, 0.2) is 24.4 Å². The maximum atomic E-state index is 11.9. The number of anilines is 2. The molecule has 2 aromatic rings. The van der Waals surface area contributed by atoms with Crippen molar-refractivity contribution in [2.75, 3.05) is 11.1 Å². The first-order chi connectivity index (χ1) is 9.76. The zero-order chi connectivity index (χ0) is 15.6. The van der Waals surface area contributed by atoms with E-state index in [0.29, 0.717) is 11.4 Å². The molecule has 0 spiro atoms. The van der Waals surface area contributed by atoms with Crippen LogP contribution in [0.2, 0.25) is 0 Å². The number of aromatic nitrogens is 2. The van der Waals surface area contributed by atoms with E-state index in [-0.39, 0.29) is 0 Å². The van der Waals surface area contributed by atoms with Crippen molar-refractivity contribution >= 4 is 17.5 Å². The van der Waals surface area contributed by atoms with Gasteiger partial charge < -0.3 is 10.5 Å². The van der Waals surface area contributed by atoms with Crippen LogP contribution >= 0.6 is 0 Å². The Balaban J connectivity index is 2.24. The lowest BCUT2D eigenvalue weighted by atomic mass is 10.1. The zero-order valence-electron chi connectivity index (χ0n) is 12.7. The van der Waals surface area contributed by atoms with Crippen molar-refractivity contribution in [1.82, 2.24) is 10.2 Å². The van der Waals surface area contributed by atoms with Gasteiger partial charge in [0.2, 0.25) is 0 Å². The molecule has 1 amide bonds. The Morgan fingerprint density at radius 3 is 2.67 bits per heavy atom. The number of H-pyrrole nitrogens is 1. The minimum absolute atomic E-state index is 0.486. The van der Waals surface area contributed by atoms with Crippen LogP contribution < -0.4 is 11.1 Å². The van der Waals surface area contributed by atoms with Crippen LogP contribution in [0.4, 0.5) is 16.2 Å². The van der Waals surface area contributed by atoms with Crippen LogP contribution in [0.5, 0.6) is 0 Å². The maximum absolute atomic E-state index is 11.9. The number of hydrogen-bond donors (Lipinski definition) is 3. The summed E-state index contributed by atoms with van der Waals surface area (Å²) in [5.74, 6) is 0. The highest BCUT2D eigenvalue weighted by Crippen LogP contribution is 2.27. The Morgan fingerprint density at radius 1 is 1.38 bits per heavy atom. The van der Waals surface area contributed by atoms with Gasteiger partial charge in [-0.05, 0) is 39.3 Å². The fourth-order valence-corrected chi connectivity index (χ4v) is 1.85. The van der Waals surface area contributed by atoms with Crippen molar-refractivity contribution in [2.24, 2.45) is 0 Å². The Bertz CT molecular complexity index is 656. The number of nitrogens with one attached hydrogen (secondary N) is 2. The number of nitrogens with zero attached hydrogens (tertiary/aromatic N) is 1. The number of aryl methyl sites for hydroxylation is 1. The molecule has 1 heterocycles. The summed E-state index contributed by atoms with van der Waals surface area (Å²) in [5, 5.41) is 9.49. The second kappa shape index (κ2) is 5.47. The summed E-state index contributed by atoms with van der Waals surface area (Å²) in [7, 11) is 0. The second-order valence-corrected chi connectivity index (χ2v) is 5.86. The number of amides is 1. The van der Waals surface area contributed by atoms with Gasteiger partial charge in [-0.2, -0.15) is 5.10 Å². The number of aromatic amines is 1. The van der Waals surface area contributed by atoms with Crippen molar-refractivity contribution in [3.8, 4) is 11.3 Å². The van der Waals surface area contributed by atoms with Crippen molar-refractivity contribution in [3.05, 3.63) is 30.0 Å². The number of benzene rings is 1. The molecule has 6 nitrogen and oxygen atoms in total. The van der Waals surface area contributed by atoms with Crippen molar-refractivity contribution in [3.63, 3.8) is 0 Å². The van der Waals surface area contributed by atoms with E-state index in [1.807, 2.05) is 45.9 Å². The van der Waals surface area contributed by atoms with Crippen LogP contribution in [-0.2, 0) is 4.74 Å². The Labute approximate surface area is 123 Å². The van der Waals surface area contributed by atoms with Gasteiger partial charge in [-0.15, -0.1) is 0 Å². The molecule has 0 atom stereocenters. The van der Waals surface area contributed by atoms with E-state index < -0.39 is 11.7 Å². The number of hydrogen-bond acceptors (Lipinski definition) is 4. The molecule has 4 N–H and O–H groups in total. The van der Waals surface area contributed by atoms with E-state index in [9.17, 15) is 4.79 Å². The summed E-state index contributed by atoms with van der Waals surface area (Å²) in [5.41, 5.74) is 9.04. The van der Waals surface area contributed by atoms with E-state index in [1.165, 1.54) is 0 Å². The van der Waals surface area contributed by atoms with Crippen LogP contribution in [0.1, 0.15) is 26.3 Å². The van der Waals surface area contributed by atoms with Crippen LogP contribution in [-0.4, -0.2) is 21.9 Å². The molecule has 0 aliphatic rings. The number of rotatable bonds is 2. The highest BCUT2D eigenvalue weighted by molar-refractivity contribution is 5.87. The van der Waals surface area contributed by atoms with Crippen molar-refractivity contribution in [1.29, 1.82) is 0 Å². The van der Waals surface area contributed by atoms with Gasteiger partial charge in [-0.25, -0.2) is 4.79 Å². The summed E-state index contributed by atoms with van der Waals surface area (Å²) in [6.07, 6.45) is 1.07. The topological polar surface area (TPSA) is 93.0 Å². The van der Waals surface area contributed by atoms with Gasteiger partial charge in [0.25, 0.3) is 0 Å². The normalized spacial score (nSPS) is 11.2. The molecular formula is C15H20N4O2. The summed E-state index contributed by atoms with van der Waals surface area (Å²) < 4.78 is 5.26. The van der Waals surface area contributed by atoms with Crippen LogP contribution in [0.25, 0.3) is 11.3 Å².